The highest BCUT2D eigenvalue weighted by Crippen LogP contribution is 2.32. The van der Waals surface area contributed by atoms with Crippen molar-refractivity contribution in [2.24, 2.45) is 0 Å². The number of amides is 1. The molecule has 0 aliphatic carbocycles. The number of nitrogens with zero attached hydrogens (tertiary/aromatic N) is 4. The summed E-state index contributed by atoms with van der Waals surface area (Å²) >= 11 is 0. The quantitative estimate of drug-likeness (QED) is 0.468. The van der Waals surface area contributed by atoms with E-state index in [9.17, 15) is 30.8 Å². The van der Waals surface area contributed by atoms with Crippen molar-refractivity contribution in [3.8, 4) is 17.5 Å². The Morgan fingerprint density at radius 3 is 2.51 bits per heavy atom. The van der Waals surface area contributed by atoms with Gasteiger partial charge in [-0.2, -0.15) is 13.2 Å². The topological polar surface area (TPSA) is 125 Å². The molecule has 200 valence electrons. The van der Waals surface area contributed by atoms with Crippen molar-refractivity contribution in [3.63, 3.8) is 0 Å². The van der Waals surface area contributed by atoms with Gasteiger partial charge < -0.3 is 14.8 Å². The van der Waals surface area contributed by atoms with Crippen molar-refractivity contribution in [3.05, 3.63) is 41.1 Å². The van der Waals surface area contributed by atoms with Crippen molar-refractivity contribution in [1.82, 2.24) is 24.9 Å². The van der Waals surface area contributed by atoms with Gasteiger partial charge >= 0.3 is 6.18 Å². The Balaban J connectivity index is 1.60. The number of sulfone groups is 1. The highest BCUT2D eigenvalue weighted by atomic mass is 32.2. The molecule has 4 heterocycles. The van der Waals surface area contributed by atoms with Crippen LogP contribution in [0.3, 0.4) is 0 Å². The Morgan fingerprint density at radius 1 is 1.19 bits per heavy atom. The molecule has 10 nitrogen and oxygen atoms in total. The van der Waals surface area contributed by atoms with Crippen LogP contribution in [0.1, 0.15) is 41.5 Å². The first kappa shape index (κ1) is 26.6. The first-order valence-corrected chi connectivity index (χ1v) is 12.9. The lowest BCUT2D eigenvalue weighted by Gasteiger charge is -2.34. The van der Waals surface area contributed by atoms with Crippen LogP contribution in [0.2, 0.25) is 0 Å². The van der Waals surface area contributed by atoms with Gasteiger partial charge in [-0.3, -0.25) is 4.79 Å². The van der Waals surface area contributed by atoms with E-state index in [1.807, 2.05) is 0 Å². The van der Waals surface area contributed by atoms with Crippen LogP contribution in [0, 0.1) is 19.7 Å². The van der Waals surface area contributed by atoms with Crippen LogP contribution in [-0.2, 0) is 9.84 Å². The second kappa shape index (κ2) is 9.43. The van der Waals surface area contributed by atoms with Crippen LogP contribution in [0.15, 0.2) is 18.3 Å². The average Bonchev–Trinajstić information content (AvgIpc) is 3.11. The van der Waals surface area contributed by atoms with Gasteiger partial charge in [-0.05, 0) is 39.7 Å². The standard InChI is InChI=1S/C22H23F4N5O5S/c1-12-8-16-28-17(18(32)29-21(3)4-6-37(33,34)7-5-21)13(2)31(16)30-19(12)36-20-15(9-14(23)10-27-20)35-11-22(24,25)26/h8-10H,4-7,11H2,1-3H3,(H,29,32). The molecule has 0 unspecified atom stereocenters. The maximum Gasteiger partial charge on any atom is 0.422 e. The molecular formula is C22H23F4N5O5S. The predicted octanol–water partition coefficient (Wildman–Crippen LogP) is 3.31. The number of fused-ring (bicyclic) bond motifs is 1. The summed E-state index contributed by atoms with van der Waals surface area (Å²) in [7, 11) is -3.12. The van der Waals surface area contributed by atoms with Gasteiger partial charge in [-0.1, -0.05) is 0 Å². The predicted molar refractivity (Wildman–Crippen MR) is 122 cm³/mol. The number of nitrogens with one attached hydrogen (secondary N) is 1. The second-order valence-electron chi connectivity index (χ2n) is 9.08. The number of rotatable bonds is 6. The third-order valence-corrected chi connectivity index (χ3v) is 7.56. The number of hydrogen-bond donors (Lipinski definition) is 1. The molecule has 0 radical (unpaired) electrons. The summed E-state index contributed by atoms with van der Waals surface area (Å²) in [6.07, 6.45) is -3.37. The zero-order valence-corrected chi connectivity index (χ0v) is 20.8. The normalized spacial score (nSPS) is 16.9. The van der Waals surface area contributed by atoms with Gasteiger partial charge in [0.15, 0.2) is 23.7 Å². The smallest absolute Gasteiger partial charge is 0.422 e. The number of carbonyl (C=O) groups is 1. The fraction of sp³-hybridized carbons (Fsp3) is 0.455. The molecule has 0 atom stereocenters. The lowest BCUT2D eigenvalue weighted by atomic mass is 9.94. The van der Waals surface area contributed by atoms with E-state index in [2.05, 4.69) is 25.1 Å². The van der Waals surface area contributed by atoms with E-state index in [0.717, 1.165) is 6.20 Å². The van der Waals surface area contributed by atoms with Crippen LogP contribution in [0.4, 0.5) is 17.6 Å². The molecule has 1 aliphatic heterocycles. The Hall–Kier alpha value is -3.49. The van der Waals surface area contributed by atoms with Gasteiger partial charge in [0.05, 0.1) is 23.4 Å². The number of carbonyl (C=O) groups excluding carboxylic acids is 1. The number of imidazole rings is 1. The second-order valence-corrected chi connectivity index (χ2v) is 11.4. The molecule has 0 saturated carbocycles. The SMILES string of the molecule is Cc1cc2nc(C(=O)NC3(C)CCS(=O)(=O)CC3)c(C)n2nc1Oc1ncc(F)cc1OCC(F)(F)F. The van der Waals surface area contributed by atoms with Crippen molar-refractivity contribution in [2.45, 2.75) is 45.3 Å². The third-order valence-electron chi connectivity index (χ3n) is 5.91. The van der Waals surface area contributed by atoms with E-state index in [1.165, 1.54) is 4.52 Å². The number of ether oxygens (including phenoxy) is 2. The van der Waals surface area contributed by atoms with Gasteiger partial charge in [0.25, 0.3) is 11.8 Å². The molecule has 1 fully saturated rings. The molecule has 37 heavy (non-hydrogen) atoms. The van der Waals surface area contributed by atoms with Crippen LogP contribution in [0.25, 0.3) is 5.65 Å². The van der Waals surface area contributed by atoms with Crippen molar-refractivity contribution in [1.29, 1.82) is 0 Å². The first-order valence-electron chi connectivity index (χ1n) is 11.1. The molecule has 1 saturated heterocycles. The number of pyridine rings is 1. The number of aryl methyl sites for hydroxylation is 2. The molecule has 0 spiro atoms. The Labute approximate surface area is 208 Å². The van der Waals surface area contributed by atoms with Gasteiger partial charge in [-0.25, -0.2) is 27.3 Å². The minimum absolute atomic E-state index is 0.0263. The van der Waals surface area contributed by atoms with Gasteiger partial charge in [-0.15, -0.1) is 5.10 Å². The summed E-state index contributed by atoms with van der Waals surface area (Å²) in [6, 6.07) is 2.25. The molecular weight excluding hydrogens is 522 g/mol. The molecule has 15 heteroatoms. The molecule has 3 aromatic heterocycles. The van der Waals surface area contributed by atoms with E-state index in [0.29, 0.717) is 23.0 Å². The van der Waals surface area contributed by atoms with Crippen molar-refractivity contribution in [2.75, 3.05) is 18.1 Å². The first-order chi connectivity index (χ1) is 17.1. The summed E-state index contributed by atoms with van der Waals surface area (Å²) in [6.45, 7) is 3.27. The van der Waals surface area contributed by atoms with Crippen LogP contribution in [-0.4, -0.2) is 63.7 Å². The summed E-state index contributed by atoms with van der Waals surface area (Å²) in [5.41, 5.74) is 0.382. The van der Waals surface area contributed by atoms with Gasteiger partial charge in [0, 0.05) is 17.2 Å². The van der Waals surface area contributed by atoms with Crippen LogP contribution in [0.5, 0.6) is 17.5 Å². The number of hydrogen-bond acceptors (Lipinski definition) is 8. The van der Waals surface area contributed by atoms with E-state index in [-0.39, 0.29) is 35.9 Å². The van der Waals surface area contributed by atoms with Crippen molar-refractivity contribution < 1.29 is 40.2 Å². The Morgan fingerprint density at radius 2 is 1.86 bits per heavy atom. The van der Waals surface area contributed by atoms with E-state index >= 15 is 0 Å². The zero-order chi connectivity index (χ0) is 27.2. The number of alkyl halides is 3. The number of halogens is 4. The highest BCUT2D eigenvalue weighted by Gasteiger charge is 2.35. The highest BCUT2D eigenvalue weighted by molar-refractivity contribution is 7.91. The maximum atomic E-state index is 13.6. The minimum atomic E-state index is -4.66. The minimum Gasteiger partial charge on any atom is -0.478 e. The average molecular weight is 546 g/mol. The van der Waals surface area contributed by atoms with E-state index in [1.54, 1.807) is 26.8 Å². The van der Waals surface area contributed by atoms with E-state index in [4.69, 9.17) is 4.74 Å². The monoisotopic (exact) mass is 545 g/mol. The maximum absolute atomic E-state index is 13.6. The van der Waals surface area contributed by atoms with Crippen LogP contribution >= 0.6 is 0 Å². The molecule has 1 aliphatic rings. The van der Waals surface area contributed by atoms with E-state index < -0.39 is 51.5 Å². The van der Waals surface area contributed by atoms with Crippen molar-refractivity contribution >= 4 is 21.4 Å². The lowest BCUT2D eigenvalue weighted by molar-refractivity contribution is -0.153. The summed E-state index contributed by atoms with van der Waals surface area (Å²) in [5.74, 6) is -2.56. The summed E-state index contributed by atoms with van der Waals surface area (Å²) in [5, 5.41) is 7.16. The Bertz CT molecular complexity index is 1460. The summed E-state index contributed by atoms with van der Waals surface area (Å²) < 4.78 is 86.4. The van der Waals surface area contributed by atoms with Gasteiger partial charge in [0.1, 0.15) is 15.7 Å². The molecule has 4 rings (SSSR count). The molecule has 1 amide bonds. The van der Waals surface area contributed by atoms with Crippen LogP contribution < -0.4 is 14.8 Å². The summed E-state index contributed by atoms with van der Waals surface area (Å²) in [4.78, 5) is 21.0. The molecule has 0 bridgehead atoms. The molecule has 3 aromatic rings. The molecule has 1 N–H and O–H groups in total. The third kappa shape index (κ3) is 6.09. The fourth-order valence-electron chi connectivity index (χ4n) is 3.76. The lowest BCUT2D eigenvalue weighted by Crippen LogP contribution is -2.51. The largest absolute Gasteiger partial charge is 0.478 e. The Kier molecular flexibility index (Phi) is 6.77. The fourth-order valence-corrected chi connectivity index (χ4v) is 5.49. The number of aromatic nitrogens is 4. The van der Waals surface area contributed by atoms with Gasteiger partial charge in [0.2, 0.25) is 5.88 Å². The zero-order valence-electron chi connectivity index (χ0n) is 20.0. The molecule has 0 aromatic carbocycles.